The monoisotopic (exact) mass is 281 g/mol. The van der Waals surface area contributed by atoms with Crippen molar-refractivity contribution in [2.75, 3.05) is 5.32 Å². The van der Waals surface area contributed by atoms with E-state index in [1.807, 2.05) is 0 Å². The van der Waals surface area contributed by atoms with Gasteiger partial charge in [0.25, 0.3) is 0 Å². The van der Waals surface area contributed by atoms with E-state index in [-0.39, 0.29) is 12.6 Å². The molecule has 0 bridgehead atoms. The van der Waals surface area contributed by atoms with Crippen LogP contribution in [0.5, 0.6) is 0 Å². The van der Waals surface area contributed by atoms with E-state index in [4.69, 9.17) is 5.11 Å². The lowest BCUT2D eigenvalue weighted by atomic mass is 10.5. The standard InChI is InChI=1S/C10H11N5O3S/c16-9(17)5-15-4-7(1-13-15)14-10(18)12-3-8-2-11-6-19-8/h1-2,4,6H,3,5H2,(H,16,17)(H2,12,14,18). The highest BCUT2D eigenvalue weighted by molar-refractivity contribution is 7.09. The van der Waals surface area contributed by atoms with Crippen molar-refractivity contribution in [2.45, 2.75) is 13.1 Å². The van der Waals surface area contributed by atoms with Gasteiger partial charge in [0.05, 0.1) is 23.9 Å². The molecule has 19 heavy (non-hydrogen) atoms. The number of urea groups is 1. The molecule has 0 atom stereocenters. The molecule has 8 nitrogen and oxygen atoms in total. The summed E-state index contributed by atoms with van der Waals surface area (Å²) >= 11 is 1.45. The van der Waals surface area contributed by atoms with E-state index in [1.54, 1.807) is 11.7 Å². The Morgan fingerprint density at radius 2 is 2.26 bits per heavy atom. The van der Waals surface area contributed by atoms with Crippen molar-refractivity contribution in [3.63, 3.8) is 0 Å². The lowest BCUT2D eigenvalue weighted by Gasteiger charge is -2.03. The summed E-state index contributed by atoms with van der Waals surface area (Å²) in [5.74, 6) is -0.996. The molecule has 0 unspecified atom stereocenters. The highest BCUT2D eigenvalue weighted by Gasteiger charge is 2.06. The molecule has 0 spiro atoms. The van der Waals surface area contributed by atoms with E-state index in [9.17, 15) is 9.59 Å². The van der Waals surface area contributed by atoms with Gasteiger partial charge in [0.1, 0.15) is 6.54 Å². The number of hydrogen-bond donors (Lipinski definition) is 3. The summed E-state index contributed by atoms with van der Waals surface area (Å²) in [4.78, 5) is 26.9. The van der Waals surface area contributed by atoms with Gasteiger partial charge in [0.2, 0.25) is 0 Å². The molecule has 2 aromatic heterocycles. The second kappa shape index (κ2) is 5.96. The number of hydrogen-bond acceptors (Lipinski definition) is 5. The van der Waals surface area contributed by atoms with Crippen LogP contribution in [0.4, 0.5) is 10.5 Å². The Kier molecular flexibility index (Phi) is 4.08. The van der Waals surface area contributed by atoms with Crippen LogP contribution in [0.15, 0.2) is 24.1 Å². The maximum Gasteiger partial charge on any atom is 0.325 e. The number of aliphatic carboxylic acids is 1. The molecule has 0 aliphatic carbocycles. The van der Waals surface area contributed by atoms with Crippen molar-refractivity contribution in [2.24, 2.45) is 0 Å². The average Bonchev–Trinajstić information content (AvgIpc) is 2.97. The average molecular weight is 281 g/mol. The molecule has 2 rings (SSSR count). The molecular weight excluding hydrogens is 270 g/mol. The third-order valence-electron chi connectivity index (χ3n) is 2.10. The molecule has 0 aliphatic heterocycles. The van der Waals surface area contributed by atoms with Gasteiger partial charge in [-0.3, -0.25) is 14.5 Å². The minimum atomic E-state index is -0.996. The first-order valence-electron chi connectivity index (χ1n) is 5.30. The van der Waals surface area contributed by atoms with Gasteiger partial charge in [-0.05, 0) is 0 Å². The molecule has 3 N–H and O–H groups in total. The van der Waals surface area contributed by atoms with Crippen LogP contribution in [-0.4, -0.2) is 31.9 Å². The number of thiazole rings is 1. The van der Waals surface area contributed by atoms with Crippen LogP contribution < -0.4 is 10.6 Å². The Bertz CT molecular complexity index is 565. The zero-order chi connectivity index (χ0) is 13.7. The Hall–Kier alpha value is -2.42. The van der Waals surface area contributed by atoms with E-state index in [2.05, 4.69) is 20.7 Å². The summed E-state index contributed by atoms with van der Waals surface area (Å²) < 4.78 is 1.22. The van der Waals surface area contributed by atoms with E-state index in [0.29, 0.717) is 12.2 Å². The number of nitrogens with zero attached hydrogens (tertiary/aromatic N) is 3. The van der Waals surface area contributed by atoms with Crippen LogP contribution in [0.2, 0.25) is 0 Å². The molecule has 0 radical (unpaired) electrons. The number of nitrogens with one attached hydrogen (secondary N) is 2. The summed E-state index contributed by atoms with van der Waals surface area (Å²) in [6.45, 7) is 0.143. The molecule has 0 saturated carbocycles. The van der Waals surface area contributed by atoms with Crippen molar-refractivity contribution in [3.8, 4) is 0 Å². The van der Waals surface area contributed by atoms with Crippen molar-refractivity contribution in [1.29, 1.82) is 0 Å². The third-order valence-corrected chi connectivity index (χ3v) is 2.87. The number of carboxylic acid groups (broad SMARTS) is 1. The number of aromatic nitrogens is 3. The van der Waals surface area contributed by atoms with Gasteiger partial charge in [-0.15, -0.1) is 11.3 Å². The fourth-order valence-corrected chi connectivity index (χ4v) is 1.86. The molecule has 0 fully saturated rings. The van der Waals surface area contributed by atoms with Crippen molar-refractivity contribution >= 4 is 29.0 Å². The van der Waals surface area contributed by atoms with Gasteiger partial charge >= 0.3 is 12.0 Å². The molecule has 2 heterocycles. The Labute approximate surface area is 112 Å². The lowest BCUT2D eigenvalue weighted by Crippen LogP contribution is -2.27. The van der Waals surface area contributed by atoms with Crippen molar-refractivity contribution < 1.29 is 14.7 Å². The minimum Gasteiger partial charge on any atom is -0.480 e. The van der Waals surface area contributed by atoms with Crippen LogP contribution in [0, 0.1) is 0 Å². The van der Waals surface area contributed by atoms with Crippen LogP contribution in [-0.2, 0) is 17.9 Å². The molecule has 2 amide bonds. The second-order valence-corrected chi connectivity index (χ2v) is 4.57. The Morgan fingerprint density at radius 1 is 1.42 bits per heavy atom. The SMILES string of the molecule is O=C(O)Cn1cc(NC(=O)NCc2cncs2)cn1. The van der Waals surface area contributed by atoms with Gasteiger partial charge in [0.15, 0.2) is 0 Å². The number of carbonyl (C=O) groups is 2. The zero-order valence-corrected chi connectivity index (χ0v) is 10.6. The first kappa shape index (κ1) is 13.0. The number of anilines is 1. The molecule has 9 heteroatoms. The quantitative estimate of drug-likeness (QED) is 0.749. The summed E-state index contributed by atoms with van der Waals surface area (Å²) in [6, 6.07) is -0.386. The molecule has 0 saturated heterocycles. The maximum absolute atomic E-state index is 11.5. The largest absolute Gasteiger partial charge is 0.480 e. The predicted octanol–water partition coefficient (Wildman–Crippen LogP) is 0.746. The lowest BCUT2D eigenvalue weighted by molar-refractivity contribution is -0.137. The molecular formula is C10H11N5O3S. The van der Waals surface area contributed by atoms with E-state index < -0.39 is 5.97 Å². The minimum absolute atomic E-state index is 0.246. The summed E-state index contributed by atoms with van der Waals surface area (Å²) in [5.41, 5.74) is 2.12. The highest BCUT2D eigenvalue weighted by Crippen LogP contribution is 2.06. The normalized spacial score (nSPS) is 10.1. The predicted molar refractivity (Wildman–Crippen MR) is 67.8 cm³/mol. The Balaban J connectivity index is 1.81. The first-order chi connectivity index (χ1) is 9.13. The summed E-state index contributed by atoms with van der Waals surface area (Å²) in [5, 5.41) is 17.6. The van der Waals surface area contributed by atoms with Crippen LogP contribution in [0.3, 0.4) is 0 Å². The van der Waals surface area contributed by atoms with Gasteiger partial charge in [-0.25, -0.2) is 4.79 Å². The van der Waals surface area contributed by atoms with Crippen molar-refractivity contribution in [3.05, 3.63) is 29.0 Å². The maximum atomic E-state index is 11.5. The van der Waals surface area contributed by atoms with Gasteiger partial charge in [-0.2, -0.15) is 5.10 Å². The second-order valence-electron chi connectivity index (χ2n) is 3.60. The van der Waals surface area contributed by atoms with Crippen LogP contribution in [0.1, 0.15) is 4.88 Å². The number of carbonyl (C=O) groups excluding carboxylic acids is 1. The number of carboxylic acids is 1. The van der Waals surface area contributed by atoms with Crippen molar-refractivity contribution in [1.82, 2.24) is 20.1 Å². The summed E-state index contributed by atoms with van der Waals surface area (Å²) in [6.07, 6.45) is 4.51. The van der Waals surface area contributed by atoms with Gasteiger partial charge < -0.3 is 15.7 Å². The van der Waals surface area contributed by atoms with E-state index >= 15 is 0 Å². The zero-order valence-electron chi connectivity index (χ0n) is 9.74. The molecule has 2 aromatic rings. The smallest absolute Gasteiger partial charge is 0.325 e. The van der Waals surface area contributed by atoms with Crippen LogP contribution in [0.25, 0.3) is 0 Å². The van der Waals surface area contributed by atoms with E-state index in [0.717, 1.165) is 4.88 Å². The topological polar surface area (TPSA) is 109 Å². The fourth-order valence-electron chi connectivity index (χ4n) is 1.33. The molecule has 0 aromatic carbocycles. The first-order valence-corrected chi connectivity index (χ1v) is 6.18. The summed E-state index contributed by atoms with van der Waals surface area (Å²) in [7, 11) is 0. The van der Waals surface area contributed by atoms with Crippen LogP contribution >= 0.6 is 11.3 Å². The number of amides is 2. The van der Waals surface area contributed by atoms with Gasteiger partial charge in [0, 0.05) is 17.3 Å². The molecule has 0 aliphatic rings. The number of rotatable bonds is 5. The fraction of sp³-hybridized carbons (Fsp3) is 0.200. The van der Waals surface area contributed by atoms with Gasteiger partial charge in [-0.1, -0.05) is 0 Å². The Morgan fingerprint density at radius 3 is 2.95 bits per heavy atom. The third kappa shape index (κ3) is 4.07. The van der Waals surface area contributed by atoms with E-state index in [1.165, 1.54) is 28.4 Å². The highest BCUT2D eigenvalue weighted by atomic mass is 32.1. The molecule has 100 valence electrons.